The van der Waals surface area contributed by atoms with Gasteiger partial charge in [0.05, 0.1) is 5.75 Å². The second-order valence-corrected chi connectivity index (χ2v) is 5.88. The Morgan fingerprint density at radius 2 is 2.10 bits per heavy atom. The fourth-order valence-electron chi connectivity index (χ4n) is 2.20. The van der Waals surface area contributed by atoms with Crippen LogP contribution >= 0.6 is 11.8 Å². The zero-order valence-corrected chi connectivity index (χ0v) is 11.9. The molecule has 0 aromatic heterocycles. The molecule has 0 saturated carbocycles. The molecule has 0 spiro atoms. The van der Waals surface area contributed by atoms with Gasteiger partial charge >= 0.3 is 5.97 Å². The van der Waals surface area contributed by atoms with Gasteiger partial charge in [0.1, 0.15) is 6.04 Å². The van der Waals surface area contributed by atoms with Crippen molar-refractivity contribution >= 4 is 29.3 Å². The van der Waals surface area contributed by atoms with E-state index in [-0.39, 0.29) is 17.4 Å². The summed E-state index contributed by atoms with van der Waals surface area (Å²) >= 11 is 1.22. The van der Waals surface area contributed by atoms with E-state index in [9.17, 15) is 9.59 Å². The number of anilines is 1. The monoisotopic (exact) mass is 294 g/mol. The second-order valence-electron chi connectivity index (χ2n) is 4.85. The third-order valence-corrected chi connectivity index (χ3v) is 4.29. The highest BCUT2D eigenvalue weighted by atomic mass is 32.2. The first-order valence-electron chi connectivity index (χ1n) is 6.54. The predicted molar refractivity (Wildman–Crippen MR) is 80.0 cm³/mol. The molecule has 1 aliphatic rings. The van der Waals surface area contributed by atoms with E-state index in [1.165, 1.54) is 29.3 Å². The van der Waals surface area contributed by atoms with Gasteiger partial charge in [0.2, 0.25) is 5.91 Å². The van der Waals surface area contributed by atoms with Crippen LogP contribution in [-0.2, 0) is 22.4 Å². The summed E-state index contributed by atoms with van der Waals surface area (Å²) < 4.78 is 0. The van der Waals surface area contributed by atoms with Crippen molar-refractivity contribution in [2.75, 3.05) is 16.8 Å². The molecule has 0 unspecified atom stereocenters. The molecule has 0 heterocycles. The van der Waals surface area contributed by atoms with Crippen LogP contribution in [0.3, 0.4) is 0 Å². The largest absolute Gasteiger partial charge is 0.480 e. The lowest BCUT2D eigenvalue weighted by Gasteiger charge is -2.08. The van der Waals surface area contributed by atoms with E-state index in [1.54, 1.807) is 0 Å². The fourth-order valence-corrected chi connectivity index (χ4v) is 2.97. The zero-order chi connectivity index (χ0) is 14.5. The normalized spacial score (nSPS) is 14.7. The Morgan fingerprint density at radius 1 is 1.35 bits per heavy atom. The van der Waals surface area contributed by atoms with Gasteiger partial charge in [0.15, 0.2) is 0 Å². The van der Waals surface area contributed by atoms with Crippen molar-refractivity contribution in [1.82, 2.24) is 0 Å². The van der Waals surface area contributed by atoms with Crippen molar-refractivity contribution in [1.29, 1.82) is 0 Å². The highest BCUT2D eigenvalue weighted by Crippen LogP contribution is 2.24. The summed E-state index contributed by atoms with van der Waals surface area (Å²) in [4.78, 5) is 22.3. The van der Waals surface area contributed by atoms with Crippen LogP contribution in [0.4, 0.5) is 5.69 Å². The Labute approximate surface area is 121 Å². The Kier molecular flexibility index (Phi) is 5.03. The highest BCUT2D eigenvalue weighted by molar-refractivity contribution is 8.00. The first kappa shape index (κ1) is 14.9. The summed E-state index contributed by atoms with van der Waals surface area (Å²) in [5, 5.41) is 11.5. The van der Waals surface area contributed by atoms with Crippen molar-refractivity contribution in [2.24, 2.45) is 5.73 Å². The van der Waals surface area contributed by atoms with Crippen molar-refractivity contribution in [3.63, 3.8) is 0 Å². The number of aliphatic carboxylic acids is 1. The molecule has 5 nitrogen and oxygen atoms in total. The third kappa shape index (κ3) is 3.98. The summed E-state index contributed by atoms with van der Waals surface area (Å²) in [6.45, 7) is 0. The molecular formula is C14H18N2O3S. The molecule has 2 rings (SSSR count). The van der Waals surface area contributed by atoms with E-state index in [1.807, 2.05) is 12.1 Å². The molecule has 20 heavy (non-hydrogen) atoms. The number of hydrogen-bond donors (Lipinski definition) is 3. The van der Waals surface area contributed by atoms with Gasteiger partial charge in [-0.2, -0.15) is 0 Å². The minimum absolute atomic E-state index is 0.134. The van der Waals surface area contributed by atoms with Crippen LogP contribution in [0.25, 0.3) is 0 Å². The van der Waals surface area contributed by atoms with Gasteiger partial charge in [-0.1, -0.05) is 6.07 Å². The Morgan fingerprint density at radius 3 is 2.85 bits per heavy atom. The maximum Gasteiger partial charge on any atom is 0.321 e. The SMILES string of the molecule is N[C@H](CSCC(=O)Nc1ccc2c(c1)CCC2)C(=O)O. The lowest BCUT2D eigenvalue weighted by Crippen LogP contribution is -2.33. The van der Waals surface area contributed by atoms with Crippen molar-refractivity contribution < 1.29 is 14.7 Å². The van der Waals surface area contributed by atoms with Crippen molar-refractivity contribution in [2.45, 2.75) is 25.3 Å². The van der Waals surface area contributed by atoms with Crippen LogP contribution in [0, 0.1) is 0 Å². The van der Waals surface area contributed by atoms with E-state index in [4.69, 9.17) is 10.8 Å². The standard InChI is InChI=1S/C14H18N2O3S/c15-12(14(18)19)7-20-8-13(17)16-11-5-4-9-2-1-3-10(9)6-11/h4-6,12H,1-3,7-8,15H2,(H,16,17)(H,18,19)/t12-/m1/s1. The molecule has 0 fully saturated rings. The quantitative estimate of drug-likeness (QED) is 0.734. The van der Waals surface area contributed by atoms with Gasteiger partial charge in [-0.15, -0.1) is 11.8 Å². The number of aryl methyl sites for hydroxylation is 2. The molecular weight excluding hydrogens is 276 g/mol. The van der Waals surface area contributed by atoms with Crippen LogP contribution in [0.1, 0.15) is 17.5 Å². The summed E-state index contributed by atoms with van der Waals surface area (Å²) in [6.07, 6.45) is 3.36. The van der Waals surface area contributed by atoms with Crippen molar-refractivity contribution in [3.05, 3.63) is 29.3 Å². The van der Waals surface area contributed by atoms with E-state index in [0.717, 1.165) is 18.5 Å². The van der Waals surface area contributed by atoms with Gasteiger partial charge in [-0.3, -0.25) is 9.59 Å². The van der Waals surface area contributed by atoms with E-state index < -0.39 is 12.0 Å². The van der Waals surface area contributed by atoms with E-state index in [2.05, 4.69) is 11.4 Å². The first-order valence-corrected chi connectivity index (χ1v) is 7.69. The maximum absolute atomic E-state index is 11.7. The molecule has 108 valence electrons. The summed E-state index contributed by atoms with van der Waals surface area (Å²) in [5.41, 5.74) is 8.84. The maximum atomic E-state index is 11.7. The Hall–Kier alpha value is -1.53. The number of thioether (sulfide) groups is 1. The predicted octanol–water partition coefficient (Wildman–Crippen LogP) is 1.26. The van der Waals surface area contributed by atoms with Crippen LogP contribution in [0.15, 0.2) is 18.2 Å². The second kappa shape index (κ2) is 6.76. The number of benzene rings is 1. The minimum atomic E-state index is -1.04. The number of carbonyl (C=O) groups excluding carboxylic acids is 1. The smallest absolute Gasteiger partial charge is 0.321 e. The fraction of sp³-hybridized carbons (Fsp3) is 0.429. The van der Waals surface area contributed by atoms with Gasteiger partial charge in [-0.25, -0.2) is 0 Å². The molecule has 1 aromatic rings. The topological polar surface area (TPSA) is 92.4 Å². The Balaban J connectivity index is 1.78. The molecule has 1 aromatic carbocycles. The number of carbonyl (C=O) groups is 2. The molecule has 1 aliphatic carbocycles. The van der Waals surface area contributed by atoms with Gasteiger partial charge in [0.25, 0.3) is 0 Å². The summed E-state index contributed by atoms with van der Waals surface area (Å²) in [7, 11) is 0. The third-order valence-electron chi connectivity index (χ3n) is 3.23. The Bertz CT molecular complexity index is 519. The molecule has 4 N–H and O–H groups in total. The van der Waals surface area contributed by atoms with Gasteiger partial charge in [0, 0.05) is 11.4 Å². The molecule has 0 saturated heterocycles. The first-order chi connectivity index (χ1) is 9.56. The average molecular weight is 294 g/mol. The summed E-state index contributed by atoms with van der Waals surface area (Å²) in [5.74, 6) is -0.743. The number of fused-ring (bicyclic) bond motifs is 1. The van der Waals surface area contributed by atoms with E-state index >= 15 is 0 Å². The molecule has 6 heteroatoms. The summed E-state index contributed by atoms with van der Waals surface area (Å²) in [6, 6.07) is 5.07. The number of amides is 1. The number of nitrogens with two attached hydrogens (primary N) is 1. The van der Waals surface area contributed by atoms with Crippen LogP contribution in [0.2, 0.25) is 0 Å². The number of carboxylic acid groups (broad SMARTS) is 1. The molecule has 0 bridgehead atoms. The number of nitrogens with one attached hydrogen (secondary N) is 1. The average Bonchev–Trinajstić information content (AvgIpc) is 2.85. The van der Waals surface area contributed by atoms with Gasteiger partial charge in [-0.05, 0) is 42.5 Å². The molecule has 0 radical (unpaired) electrons. The van der Waals surface area contributed by atoms with Crippen LogP contribution < -0.4 is 11.1 Å². The van der Waals surface area contributed by atoms with Crippen LogP contribution in [-0.4, -0.2) is 34.5 Å². The van der Waals surface area contributed by atoms with Crippen molar-refractivity contribution in [3.8, 4) is 0 Å². The molecule has 0 aliphatic heterocycles. The zero-order valence-electron chi connectivity index (χ0n) is 11.1. The number of rotatable bonds is 6. The molecule has 1 atom stereocenters. The number of carboxylic acids is 1. The van der Waals surface area contributed by atoms with Crippen LogP contribution in [0.5, 0.6) is 0 Å². The lowest BCUT2D eigenvalue weighted by atomic mass is 10.1. The lowest BCUT2D eigenvalue weighted by molar-refractivity contribution is -0.137. The molecule has 1 amide bonds. The van der Waals surface area contributed by atoms with E-state index in [0.29, 0.717) is 0 Å². The highest BCUT2D eigenvalue weighted by Gasteiger charge is 2.14. The number of hydrogen-bond acceptors (Lipinski definition) is 4. The van der Waals surface area contributed by atoms with Gasteiger partial charge < -0.3 is 16.2 Å². The minimum Gasteiger partial charge on any atom is -0.480 e.